The molecule has 1 aromatic carbocycles. The van der Waals surface area contributed by atoms with Crippen molar-refractivity contribution in [3.05, 3.63) is 23.8 Å². The van der Waals surface area contributed by atoms with E-state index in [0.717, 1.165) is 4.90 Å². The molecule has 0 spiro atoms. The Morgan fingerprint density at radius 3 is 2.67 bits per heavy atom. The van der Waals surface area contributed by atoms with Crippen LogP contribution in [0.4, 0.5) is 4.79 Å². The molecule has 3 rings (SSSR count). The molecule has 1 N–H and O–H groups in total. The van der Waals surface area contributed by atoms with Gasteiger partial charge in [-0.3, -0.25) is 19.8 Å². The molecule has 2 heterocycles. The quantitative estimate of drug-likeness (QED) is 0.822. The van der Waals surface area contributed by atoms with Gasteiger partial charge in [0.25, 0.3) is 0 Å². The molecule has 1 fully saturated rings. The maximum absolute atomic E-state index is 12.3. The standard InChI is InChI=1S/C14H14N2O5/c1-14(2)11(17)15-13(19)16(12(14)18)6-8-3-4-9-10(5-8)21-7-20-9/h3-5H,6-7H2,1-2H3,(H,15,17,19). The van der Waals surface area contributed by atoms with Gasteiger partial charge in [-0.25, -0.2) is 4.79 Å². The van der Waals surface area contributed by atoms with Crippen LogP contribution in [-0.2, 0) is 16.1 Å². The number of barbiturate groups is 1. The molecular formula is C14H14N2O5. The lowest BCUT2D eigenvalue weighted by atomic mass is 9.88. The Hall–Kier alpha value is -2.57. The summed E-state index contributed by atoms with van der Waals surface area (Å²) in [6, 6.07) is 4.48. The first-order chi connectivity index (χ1) is 9.89. The van der Waals surface area contributed by atoms with Gasteiger partial charge in [-0.2, -0.15) is 0 Å². The number of hydrogen-bond acceptors (Lipinski definition) is 5. The first kappa shape index (κ1) is 13.4. The summed E-state index contributed by atoms with van der Waals surface area (Å²) in [5.41, 5.74) is -0.544. The van der Waals surface area contributed by atoms with Crippen LogP contribution >= 0.6 is 0 Å². The summed E-state index contributed by atoms with van der Waals surface area (Å²) in [7, 11) is 0. The molecule has 1 saturated heterocycles. The zero-order valence-corrected chi connectivity index (χ0v) is 11.6. The molecule has 21 heavy (non-hydrogen) atoms. The summed E-state index contributed by atoms with van der Waals surface area (Å²) < 4.78 is 10.5. The van der Waals surface area contributed by atoms with Crippen LogP contribution in [-0.4, -0.2) is 29.5 Å². The summed E-state index contributed by atoms with van der Waals surface area (Å²) in [4.78, 5) is 36.9. The lowest BCUT2D eigenvalue weighted by Crippen LogP contribution is -2.61. The number of imide groups is 2. The Balaban J connectivity index is 1.85. The second-order valence-electron chi connectivity index (χ2n) is 5.46. The van der Waals surface area contributed by atoms with Crippen molar-refractivity contribution in [2.75, 3.05) is 6.79 Å². The summed E-state index contributed by atoms with van der Waals surface area (Å²) in [6.07, 6.45) is 0. The molecule has 2 aliphatic rings. The number of benzene rings is 1. The Kier molecular flexibility index (Phi) is 2.86. The van der Waals surface area contributed by atoms with Crippen LogP contribution in [0.3, 0.4) is 0 Å². The number of carbonyl (C=O) groups excluding carboxylic acids is 3. The van der Waals surface area contributed by atoms with Crippen LogP contribution in [0, 0.1) is 5.41 Å². The van der Waals surface area contributed by atoms with Gasteiger partial charge in [0.2, 0.25) is 18.6 Å². The van der Waals surface area contributed by atoms with Crippen LogP contribution in [0.25, 0.3) is 0 Å². The van der Waals surface area contributed by atoms with Crippen LogP contribution in [0.2, 0.25) is 0 Å². The molecule has 7 heteroatoms. The molecule has 110 valence electrons. The number of urea groups is 1. The van der Waals surface area contributed by atoms with Gasteiger partial charge >= 0.3 is 6.03 Å². The van der Waals surface area contributed by atoms with Gasteiger partial charge in [-0.15, -0.1) is 0 Å². The van der Waals surface area contributed by atoms with Crippen LogP contribution in [0.5, 0.6) is 11.5 Å². The van der Waals surface area contributed by atoms with Gasteiger partial charge in [0.05, 0.1) is 6.54 Å². The van der Waals surface area contributed by atoms with E-state index in [1.165, 1.54) is 13.8 Å². The zero-order chi connectivity index (χ0) is 15.2. The number of rotatable bonds is 2. The third kappa shape index (κ3) is 2.10. The van der Waals surface area contributed by atoms with Crippen molar-refractivity contribution in [3.63, 3.8) is 0 Å². The highest BCUT2D eigenvalue weighted by Crippen LogP contribution is 2.33. The number of hydrogen-bond donors (Lipinski definition) is 1. The molecule has 0 radical (unpaired) electrons. The molecule has 7 nitrogen and oxygen atoms in total. The molecule has 0 saturated carbocycles. The molecule has 1 aromatic rings. The Morgan fingerprint density at radius 2 is 1.90 bits per heavy atom. The van der Waals surface area contributed by atoms with Gasteiger partial charge in [0, 0.05) is 0 Å². The number of fused-ring (bicyclic) bond motifs is 1. The van der Waals surface area contributed by atoms with Gasteiger partial charge in [0.15, 0.2) is 11.5 Å². The van der Waals surface area contributed by atoms with Gasteiger partial charge in [-0.05, 0) is 31.5 Å². The van der Waals surface area contributed by atoms with Crippen molar-refractivity contribution in [1.82, 2.24) is 10.2 Å². The third-order valence-electron chi connectivity index (χ3n) is 3.59. The van der Waals surface area contributed by atoms with Crippen molar-refractivity contribution in [2.45, 2.75) is 20.4 Å². The largest absolute Gasteiger partial charge is 0.454 e. The summed E-state index contributed by atoms with van der Waals surface area (Å²) in [5.74, 6) is 0.102. The number of nitrogens with zero attached hydrogens (tertiary/aromatic N) is 1. The van der Waals surface area contributed by atoms with Crippen molar-refractivity contribution < 1.29 is 23.9 Å². The lowest BCUT2D eigenvalue weighted by Gasteiger charge is -2.34. The van der Waals surface area contributed by atoms with E-state index >= 15 is 0 Å². The lowest BCUT2D eigenvalue weighted by molar-refractivity contribution is -0.149. The highest BCUT2D eigenvalue weighted by Gasteiger charge is 2.46. The van der Waals surface area contributed by atoms with E-state index in [1.807, 2.05) is 0 Å². The number of amides is 4. The highest BCUT2D eigenvalue weighted by molar-refractivity contribution is 6.18. The summed E-state index contributed by atoms with van der Waals surface area (Å²) >= 11 is 0. The minimum Gasteiger partial charge on any atom is -0.454 e. The van der Waals surface area contributed by atoms with E-state index in [1.54, 1.807) is 18.2 Å². The van der Waals surface area contributed by atoms with Gasteiger partial charge < -0.3 is 9.47 Å². The Bertz CT molecular complexity index is 653. The molecule has 0 unspecified atom stereocenters. The minimum absolute atomic E-state index is 0.0675. The smallest absolute Gasteiger partial charge is 0.331 e. The number of ether oxygens (including phenoxy) is 2. The van der Waals surface area contributed by atoms with Crippen LogP contribution < -0.4 is 14.8 Å². The molecule has 0 aliphatic carbocycles. The van der Waals surface area contributed by atoms with Crippen LogP contribution in [0.1, 0.15) is 19.4 Å². The van der Waals surface area contributed by atoms with E-state index in [2.05, 4.69) is 5.32 Å². The fourth-order valence-corrected chi connectivity index (χ4v) is 2.21. The number of nitrogens with one attached hydrogen (secondary N) is 1. The third-order valence-corrected chi connectivity index (χ3v) is 3.59. The molecular weight excluding hydrogens is 276 g/mol. The first-order valence-corrected chi connectivity index (χ1v) is 6.45. The summed E-state index contributed by atoms with van der Waals surface area (Å²) in [5, 5.41) is 2.19. The zero-order valence-electron chi connectivity index (χ0n) is 11.6. The second-order valence-corrected chi connectivity index (χ2v) is 5.46. The topological polar surface area (TPSA) is 84.9 Å². The highest BCUT2D eigenvalue weighted by atomic mass is 16.7. The van der Waals surface area contributed by atoms with E-state index in [-0.39, 0.29) is 13.3 Å². The fourth-order valence-electron chi connectivity index (χ4n) is 2.21. The molecule has 2 aliphatic heterocycles. The predicted molar refractivity (Wildman–Crippen MR) is 70.4 cm³/mol. The average molecular weight is 290 g/mol. The van der Waals surface area contributed by atoms with Crippen molar-refractivity contribution >= 4 is 17.8 Å². The summed E-state index contributed by atoms with van der Waals surface area (Å²) in [6.45, 7) is 3.20. The fraction of sp³-hybridized carbons (Fsp3) is 0.357. The van der Waals surface area contributed by atoms with Crippen molar-refractivity contribution in [2.24, 2.45) is 5.41 Å². The van der Waals surface area contributed by atoms with E-state index in [0.29, 0.717) is 17.1 Å². The second kappa shape index (κ2) is 4.47. The van der Waals surface area contributed by atoms with Crippen molar-refractivity contribution in [1.29, 1.82) is 0 Å². The predicted octanol–water partition coefficient (Wildman–Crippen LogP) is 1.02. The van der Waals surface area contributed by atoms with E-state index in [4.69, 9.17) is 9.47 Å². The Labute approximate surface area is 120 Å². The molecule has 0 aromatic heterocycles. The monoisotopic (exact) mass is 290 g/mol. The van der Waals surface area contributed by atoms with Gasteiger partial charge in [0.1, 0.15) is 5.41 Å². The van der Waals surface area contributed by atoms with Crippen molar-refractivity contribution in [3.8, 4) is 11.5 Å². The minimum atomic E-state index is -1.26. The molecule has 4 amide bonds. The van der Waals surface area contributed by atoms with Gasteiger partial charge in [-0.1, -0.05) is 6.07 Å². The molecule has 0 bridgehead atoms. The maximum atomic E-state index is 12.3. The first-order valence-electron chi connectivity index (χ1n) is 6.45. The molecule has 0 atom stereocenters. The van der Waals surface area contributed by atoms with E-state index in [9.17, 15) is 14.4 Å². The van der Waals surface area contributed by atoms with Crippen LogP contribution in [0.15, 0.2) is 18.2 Å². The maximum Gasteiger partial charge on any atom is 0.331 e. The SMILES string of the molecule is CC1(C)C(=O)NC(=O)N(Cc2ccc3c(c2)OCO3)C1=O. The van der Waals surface area contributed by atoms with E-state index < -0.39 is 23.3 Å². The number of carbonyl (C=O) groups is 3. The Morgan fingerprint density at radius 1 is 1.19 bits per heavy atom. The normalized spacial score (nSPS) is 19.7. The average Bonchev–Trinajstić information content (AvgIpc) is 2.89.